The lowest BCUT2D eigenvalue weighted by Crippen LogP contribution is -2.49. The third-order valence-electron chi connectivity index (χ3n) is 4.02. The second-order valence-electron chi connectivity index (χ2n) is 6.77. The van der Waals surface area contributed by atoms with Gasteiger partial charge >= 0.3 is 0 Å². The molecule has 0 aromatic heterocycles. The fourth-order valence-electron chi connectivity index (χ4n) is 2.85. The highest BCUT2D eigenvalue weighted by atomic mass is 16.5. The number of β-amino-alcohol motifs (C(OH)–C–C–N with tert-alkyl or cyclic N) is 1. The monoisotopic (exact) mass is 306 g/mol. The molecule has 22 heavy (non-hydrogen) atoms. The van der Waals surface area contributed by atoms with Crippen molar-refractivity contribution in [3.8, 4) is 5.75 Å². The highest BCUT2D eigenvalue weighted by Crippen LogP contribution is 2.12. The minimum Gasteiger partial charge on any atom is -0.491 e. The zero-order chi connectivity index (χ0) is 15.9. The summed E-state index contributed by atoms with van der Waals surface area (Å²) in [5.41, 5.74) is 1.21. The van der Waals surface area contributed by atoms with Gasteiger partial charge < -0.3 is 14.7 Å². The van der Waals surface area contributed by atoms with E-state index in [0.717, 1.165) is 37.8 Å². The first-order valence-electron chi connectivity index (χ1n) is 8.35. The largest absolute Gasteiger partial charge is 0.491 e. The van der Waals surface area contributed by atoms with Crippen LogP contribution in [0.25, 0.3) is 0 Å². The van der Waals surface area contributed by atoms with Crippen LogP contribution in [0.4, 0.5) is 0 Å². The molecule has 4 nitrogen and oxygen atoms in total. The first-order valence-corrected chi connectivity index (χ1v) is 8.35. The summed E-state index contributed by atoms with van der Waals surface area (Å²) < 4.78 is 5.65. The number of ether oxygens (including phenoxy) is 1. The Bertz CT molecular complexity index is 425. The molecule has 124 valence electrons. The Balaban J connectivity index is 1.65. The Morgan fingerprint density at radius 1 is 1.00 bits per heavy atom. The quantitative estimate of drug-likeness (QED) is 0.836. The van der Waals surface area contributed by atoms with Crippen LogP contribution in [0.15, 0.2) is 24.3 Å². The maximum absolute atomic E-state index is 10.1. The molecule has 1 aliphatic heterocycles. The van der Waals surface area contributed by atoms with Crippen LogP contribution in [0, 0.1) is 12.8 Å². The van der Waals surface area contributed by atoms with Crippen LogP contribution in [0.5, 0.6) is 5.75 Å². The van der Waals surface area contributed by atoms with Gasteiger partial charge in [0, 0.05) is 39.3 Å². The van der Waals surface area contributed by atoms with Gasteiger partial charge in [0.15, 0.2) is 0 Å². The topological polar surface area (TPSA) is 35.9 Å². The Kier molecular flexibility index (Phi) is 6.68. The van der Waals surface area contributed by atoms with Crippen molar-refractivity contribution in [3.05, 3.63) is 29.8 Å². The van der Waals surface area contributed by atoms with Gasteiger partial charge in [0.05, 0.1) is 0 Å². The second-order valence-corrected chi connectivity index (χ2v) is 6.77. The van der Waals surface area contributed by atoms with Gasteiger partial charge in [0.2, 0.25) is 0 Å². The molecule has 0 saturated carbocycles. The van der Waals surface area contributed by atoms with E-state index in [1.165, 1.54) is 12.1 Å². The molecule has 1 heterocycles. The van der Waals surface area contributed by atoms with E-state index in [-0.39, 0.29) is 0 Å². The van der Waals surface area contributed by atoms with Crippen LogP contribution in [0.1, 0.15) is 19.4 Å². The molecule has 0 spiro atoms. The zero-order valence-corrected chi connectivity index (χ0v) is 14.2. The molecule has 0 radical (unpaired) electrons. The van der Waals surface area contributed by atoms with Crippen molar-refractivity contribution in [2.75, 3.05) is 45.9 Å². The molecular formula is C18H30N2O2. The van der Waals surface area contributed by atoms with E-state index >= 15 is 0 Å². The number of hydrogen-bond donors (Lipinski definition) is 1. The summed E-state index contributed by atoms with van der Waals surface area (Å²) in [6.07, 6.45) is -0.432. The normalized spacial score (nSPS) is 18.6. The van der Waals surface area contributed by atoms with E-state index in [2.05, 4.69) is 30.6 Å². The fraction of sp³-hybridized carbons (Fsp3) is 0.667. The van der Waals surface area contributed by atoms with E-state index in [4.69, 9.17) is 4.74 Å². The molecule has 1 N–H and O–H groups in total. The number of benzene rings is 1. The summed E-state index contributed by atoms with van der Waals surface area (Å²) >= 11 is 0. The molecule has 1 aromatic carbocycles. The third-order valence-corrected chi connectivity index (χ3v) is 4.02. The summed E-state index contributed by atoms with van der Waals surface area (Å²) in [7, 11) is 0. The number of nitrogens with zero attached hydrogens (tertiary/aromatic N) is 2. The van der Waals surface area contributed by atoms with Crippen molar-refractivity contribution in [1.82, 2.24) is 9.80 Å². The Morgan fingerprint density at radius 2 is 1.55 bits per heavy atom. The molecular weight excluding hydrogens is 276 g/mol. The van der Waals surface area contributed by atoms with Gasteiger partial charge in [0.25, 0.3) is 0 Å². The van der Waals surface area contributed by atoms with Crippen molar-refractivity contribution < 1.29 is 9.84 Å². The second kappa shape index (κ2) is 8.51. The van der Waals surface area contributed by atoms with E-state index in [0.29, 0.717) is 13.2 Å². The highest BCUT2D eigenvalue weighted by molar-refractivity contribution is 5.26. The van der Waals surface area contributed by atoms with Crippen LogP contribution < -0.4 is 4.74 Å². The average molecular weight is 306 g/mol. The van der Waals surface area contributed by atoms with Crippen LogP contribution >= 0.6 is 0 Å². The molecule has 0 bridgehead atoms. The molecule has 4 heteroatoms. The maximum Gasteiger partial charge on any atom is 0.119 e. The molecule has 2 rings (SSSR count). The van der Waals surface area contributed by atoms with Crippen LogP contribution in [-0.4, -0.2) is 66.9 Å². The molecule has 1 unspecified atom stereocenters. The SMILES string of the molecule is Cc1ccc(OCC(O)CN2CCN(CC(C)C)CC2)cc1. The van der Waals surface area contributed by atoms with Gasteiger partial charge in [0.1, 0.15) is 18.5 Å². The van der Waals surface area contributed by atoms with Crippen LogP contribution in [0.3, 0.4) is 0 Å². The van der Waals surface area contributed by atoms with Crippen LogP contribution in [0.2, 0.25) is 0 Å². The van der Waals surface area contributed by atoms with Crippen molar-refractivity contribution >= 4 is 0 Å². The van der Waals surface area contributed by atoms with Crippen molar-refractivity contribution in [2.24, 2.45) is 5.92 Å². The number of hydrogen-bond acceptors (Lipinski definition) is 4. The predicted molar refractivity (Wildman–Crippen MR) is 90.4 cm³/mol. The summed E-state index contributed by atoms with van der Waals surface area (Å²) in [6, 6.07) is 7.95. The first kappa shape index (κ1) is 17.3. The summed E-state index contributed by atoms with van der Waals surface area (Å²) in [4.78, 5) is 4.84. The van der Waals surface area contributed by atoms with E-state index in [1.54, 1.807) is 0 Å². The number of aryl methyl sites for hydroxylation is 1. The Labute approximate surface area is 134 Å². The van der Waals surface area contributed by atoms with Crippen molar-refractivity contribution in [3.63, 3.8) is 0 Å². The van der Waals surface area contributed by atoms with E-state index in [9.17, 15) is 5.11 Å². The summed E-state index contributed by atoms with van der Waals surface area (Å²) in [6.45, 7) is 13.1. The lowest BCUT2D eigenvalue weighted by Gasteiger charge is -2.36. The Morgan fingerprint density at radius 3 is 2.09 bits per heavy atom. The maximum atomic E-state index is 10.1. The van der Waals surface area contributed by atoms with Gasteiger partial charge in [-0.2, -0.15) is 0 Å². The highest BCUT2D eigenvalue weighted by Gasteiger charge is 2.19. The van der Waals surface area contributed by atoms with E-state index in [1.807, 2.05) is 24.3 Å². The summed E-state index contributed by atoms with van der Waals surface area (Å²) in [5, 5.41) is 10.1. The van der Waals surface area contributed by atoms with Crippen molar-refractivity contribution in [1.29, 1.82) is 0 Å². The molecule has 0 aliphatic carbocycles. The van der Waals surface area contributed by atoms with Crippen molar-refractivity contribution in [2.45, 2.75) is 26.9 Å². The van der Waals surface area contributed by atoms with E-state index < -0.39 is 6.10 Å². The van der Waals surface area contributed by atoms with Gasteiger partial charge in [-0.25, -0.2) is 0 Å². The average Bonchev–Trinajstić information content (AvgIpc) is 2.48. The Hall–Kier alpha value is -1.10. The van der Waals surface area contributed by atoms with Crippen LogP contribution in [-0.2, 0) is 0 Å². The molecule has 1 atom stereocenters. The molecule has 1 fully saturated rings. The molecule has 1 saturated heterocycles. The minimum atomic E-state index is -0.432. The fourth-order valence-corrected chi connectivity index (χ4v) is 2.85. The number of aliphatic hydroxyl groups excluding tert-OH is 1. The number of rotatable bonds is 7. The molecule has 1 aliphatic rings. The lowest BCUT2D eigenvalue weighted by molar-refractivity contribution is 0.0440. The minimum absolute atomic E-state index is 0.356. The lowest BCUT2D eigenvalue weighted by atomic mass is 10.2. The molecule has 0 amide bonds. The van der Waals surface area contributed by atoms with Gasteiger partial charge in [-0.15, -0.1) is 0 Å². The number of aliphatic hydroxyl groups is 1. The standard InChI is InChI=1S/C18H30N2O2/c1-15(2)12-19-8-10-20(11-9-19)13-17(21)14-22-18-6-4-16(3)5-7-18/h4-7,15,17,21H,8-14H2,1-3H3. The predicted octanol–water partition coefficient (Wildman–Crippen LogP) is 2.01. The molecule has 1 aromatic rings. The zero-order valence-electron chi connectivity index (χ0n) is 14.2. The van der Waals surface area contributed by atoms with Gasteiger partial charge in [-0.05, 0) is 25.0 Å². The van der Waals surface area contributed by atoms with Gasteiger partial charge in [-0.1, -0.05) is 31.5 Å². The first-order chi connectivity index (χ1) is 10.5. The smallest absolute Gasteiger partial charge is 0.119 e. The van der Waals surface area contributed by atoms with Gasteiger partial charge in [-0.3, -0.25) is 4.90 Å². The number of piperazine rings is 1. The third kappa shape index (κ3) is 5.95. The summed E-state index contributed by atoms with van der Waals surface area (Å²) in [5.74, 6) is 1.55.